The van der Waals surface area contributed by atoms with Crippen LogP contribution in [0.2, 0.25) is 0 Å². The Morgan fingerprint density at radius 1 is 1.22 bits per heavy atom. The van der Waals surface area contributed by atoms with Crippen LogP contribution in [0.5, 0.6) is 5.75 Å². The maximum absolute atomic E-state index is 11.1. The van der Waals surface area contributed by atoms with Gasteiger partial charge in [0.1, 0.15) is 23.8 Å². The molecule has 0 amide bonds. The molecule has 37 heavy (non-hydrogen) atoms. The van der Waals surface area contributed by atoms with Gasteiger partial charge in [-0.2, -0.15) is 11.8 Å². The van der Waals surface area contributed by atoms with Crippen molar-refractivity contribution in [2.75, 3.05) is 6.61 Å². The third-order valence-corrected chi connectivity index (χ3v) is 8.09. The average Bonchev–Trinajstić information content (AvgIpc) is 3.25. The first-order chi connectivity index (χ1) is 17.6. The molecule has 1 fully saturated rings. The van der Waals surface area contributed by atoms with Crippen molar-refractivity contribution in [3.05, 3.63) is 45.8 Å². The number of hydrogen-bond acceptors (Lipinski definition) is 9. The molecule has 10 nitrogen and oxygen atoms in total. The molecule has 0 spiro atoms. The Bertz CT molecular complexity index is 1030. The lowest BCUT2D eigenvalue weighted by Gasteiger charge is -2.32. The molecule has 1 aliphatic rings. The van der Waals surface area contributed by atoms with Gasteiger partial charge in [-0.15, -0.1) is 5.10 Å². The van der Waals surface area contributed by atoms with Crippen LogP contribution in [-0.2, 0) is 17.9 Å². The van der Waals surface area contributed by atoms with Crippen molar-refractivity contribution in [1.29, 1.82) is 0 Å². The molecule has 11 heteroatoms. The number of hydrogen-bond donors (Lipinski definition) is 1. The molecule has 0 bridgehead atoms. The van der Waals surface area contributed by atoms with Gasteiger partial charge in [0.2, 0.25) is 0 Å². The first-order valence-electron chi connectivity index (χ1n) is 12.9. The third-order valence-electron chi connectivity index (χ3n) is 6.45. The number of nitro benzene ring substituents is 1. The lowest BCUT2D eigenvalue weighted by Crippen LogP contribution is -2.44. The molecule has 1 saturated carbocycles. The van der Waals surface area contributed by atoms with Gasteiger partial charge in [0.25, 0.3) is 5.69 Å². The molecule has 1 atom stereocenters. The van der Waals surface area contributed by atoms with Crippen molar-refractivity contribution < 1.29 is 19.2 Å². The number of carbonyl (C=O) groups is 1. The molecule has 1 aromatic carbocycles. The molecular weight excluding hydrogens is 494 g/mol. The summed E-state index contributed by atoms with van der Waals surface area (Å²) in [5.41, 5.74) is 5.74. The number of aldehydes is 1. The zero-order chi connectivity index (χ0) is 26.9. The normalized spacial score (nSPS) is 17.0. The zero-order valence-corrected chi connectivity index (χ0v) is 22.9. The van der Waals surface area contributed by atoms with E-state index < -0.39 is 10.6 Å². The highest BCUT2D eigenvalue weighted by Gasteiger charge is 2.27. The number of nitro groups is 1. The Hall–Kier alpha value is -2.50. The van der Waals surface area contributed by atoms with Crippen LogP contribution in [0.1, 0.15) is 88.2 Å². The summed E-state index contributed by atoms with van der Waals surface area (Å²) in [4.78, 5) is 21.5. The van der Waals surface area contributed by atoms with E-state index in [0.29, 0.717) is 30.9 Å². The Labute approximate surface area is 222 Å². The van der Waals surface area contributed by atoms with Crippen LogP contribution in [0, 0.1) is 10.1 Å². The molecule has 204 valence electrons. The van der Waals surface area contributed by atoms with Crippen LogP contribution >= 0.6 is 11.8 Å². The van der Waals surface area contributed by atoms with E-state index in [1.54, 1.807) is 10.9 Å². The molecule has 1 heterocycles. The van der Waals surface area contributed by atoms with E-state index >= 15 is 0 Å². The molecule has 1 aliphatic carbocycles. The van der Waals surface area contributed by atoms with Crippen LogP contribution in [0.25, 0.3) is 0 Å². The van der Waals surface area contributed by atoms with Crippen molar-refractivity contribution in [1.82, 2.24) is 15.0 Å². The highest BCUT2D eigenvalue weighted by molar-refractivity contribution is 8.01. The molecule has 2 aromatic rings. The lowest BCUT2D eigenvalue weighted by molar-refractivity contribution is -0.385. The minimum atomic E-state index is -0.913. The number of carbonyl (C=O) groups excluding carboxylic acids is 1. The van der Waals surface area contributed by atoms with Crippen molar-refractivity contribution in [3.63, 3.8) is 0 Å². The second kappa shape index (κ2) is 13.3. The quantitative estimate of drug-likeness (QED) is 0.158. The predicted octanol–water partition coefficient (Wildman–Crippen LogP) is 5.28. The van der Waals surface area contributed by atoms with Gasteiger partial charge in [-0.3, -0.25) is 14.9 Å². The molecular formula is C26H39N5O5S. The highest BCUT2D eigenvalue weighted by Crippen LogP contribution is 2.37. The summed E-state index contributed by atoms with van der Waals surface area (Å²) < 4.78 is 13.4. The standard InChI is InChI=1S/C26H39N5O5S/c1-25(2,37-23-9-7-5-4-6-8-10-23)13-14-36-26(3,27)19-30-16-21(28-29-30)18-35-22-11-12-24(31(33)34)20(15-22)17-32/h11-12,15-17,23H,4-10,13-14,18-19,27H2,1-3H3. The Morgan fingerprint density at radius 2 is 1.92 bits per heavy atom. The second-order valence-corrected chi connectivity index (χ2v) is 12.6. The Balaban J connectivity index is 1.45. The van der Waals surface area contributed by atoms with Gasteiger partial charge in [-0.05, 0) is 38.3 Å². The smallest absolute Gasteiger partial charge is 0.280 e. The molecule has 0 radical (unpaired) electrons. The van der Waals surface area contributed by atoms with Crippen LogP contribution in [0.4, 0.5) is 5.69 Å². The van der Waals surface area contributed by atoms with Crippen molar-refractivity contribution in [3.8, 4) is 5.75 Å². The summed E-state index contributed by atoms with van der Waals surface area (Å²) in [6, 6.07) is 4.01. The van der Waals surface area contributed by atoms with Crippen LogP contribution < -0.4 is 10.5 Å². The molecule has 1 aromatic heterocycles. The maximum atomic E-state index is 11.1. The van der Waals surface area contributed by atoms with Gasteiger partial charge in [-0.25, -0.2) is 4.68 Å². The van der Waals surface area contributed by atoms with Gasteiger partial charge in [0.05, 0.1) is 29.8 Å². The van der Waals surface area contributed by atoms with Gasteiger partial charge in [-0.1, -0.05) is 51.2 Å². The fourth-order valence-electron chi connectivity index (χ4n) is 4.47. The number of ether oxygens (including phenoxy) is 2. The molecule has 2 N–H and O–H groups in total. The van der Waals surface area contributed by atoms with E-state index in [9.17, 15) is 14.9 Å². The third kappa shape index (κ3) is 9.71. The molecule has 0 saturated heterocycles. The second-order valence-electron chi connectivity index (χ2n) is 10.5. The Morgan fingerprint density at radius 3 is 2.59 bits per heavy atom. The summed E-state index contributed by atoms with van der Waals surface area (Å²) in [5, 5.41) is 19.9. The van der Waals surface area contributed by atoms with Crippen molar-refractivity contribution in [2.45, 2.75) is 101 Å². The summed E-state index contributed by atoms with van der Waals surface area (Å²) in [6.07, 6.45) is 12.5. The van der Waals surface area contributed by atoms with E-state index in [1.807, 2.05) is 6.92 Å². The fourth-order valence-corrected chi connectivity index (χ4v) is 6.14. The molecule has 1 unspecified atom stereocenters. The average molecular weight is 534 g/mol. The van der Waals surface area contributed by atoms with E-state index in [0.717, 1.165) is 11.7 Å². The first-order valence-corrected chi connectivity index (χ1v) is 13.8. The van der Waals surface area contributed by atoms with Crippen LogP contribution in [-0.4, -0.2) is 48.5 Å². The summed E-state index contributed by atoms with van der Waals surface area (Å²) in [6.45, 7) is 7.38. The van der Waals surface area contributed by atoms with E-state index in [-0.39, 0.29) is 22.6 Å². The fraction of sp³-hybridized carbons (Fsp3) is 0.654. The van der Waals surface area contributed by atoms with E-state index in [4.69, 9.17) is 15.2 Å². The van der Waals surface area contributed by atoms with Crippen molar-refractivity contribution >= 4 is 23.7 Å². The number of thioether (sulfide) groups is 1. The van der Waals surface area contributed by atoms with Gasteiger partial charge < -0.3 is 15.2 Å². The van der Waals surface area contributed by atoms with Gasteiger partial charge >= 0.3 is 0 Å². The van der Waals surface area contributed by atoms with Gasteiger partial charge in [0.15, 0.2) is 6.29 Å². The number of nitrogens with two attached hydrogens (primary N) is 1. The largest absolute Gasteiger partial charge is 0.487 e. The molecule has 3 rings (SSSR count). The highest BCUT2D eigenvalue weighted by atomic mass is 32.2. The van der Waals surface area contributed by atoms with Gasteiger partial charge in [0, 0.05) is 16.1 Å². The minimum absolute atomic E-state index is 0.0477. The molecule has 0 aliphatic heterocycles. The number of aromatic nitrogens is 3. The predicted molar refractivity (Wildman–Crippen MR) is 144 cm³/mol. The SMILES string of the molecule is CC(N)(Cn1cc(COc2ccc([N+](=O)[O-])c(C=O)c2)nn1)OCCC(C)(C)SC1CCCCCCC1. The van der Waals surface area contributed by atoms with E-state index in [2.05, 4.69) is 35.9 Å². The topological polar surface area (TPSA) is 135 Å². The number of rotatable bonds is 13. The van der Waals surface area contributed by atoms with Crippen LogP contribution in [0.15, 0.2) is 24.4 Å². The monoisotopic (exact) mass is 533 g/mol. The summed E-state index contributed by atoms with van der Waals surface area (Å²) in [7, 11) is 0. The summed E-state index contributed by atoms with van der Waals surface area (Å²) >= 11 is 2.10. The summed E-state index contributed by atoms with van der Waals surface area (Å²) in [5.74, 6) is 0.328. The first kappa shape index (κ1) is 29.1. The van der Waals surface area contributed by atoms with Crippen LogP contribution in [0.3, 0.4) is 0 Å². The zero-order valence-electron chi connectivity index (χ0n) is 22.1. The van der Waals surface area contributed by atoms with E-state index in [1.165, 1.54) is 63.1 Å². The van der Waals surface area contributed by atoms with Crippen molar-refractivity contribution in [2.24, 2.45) is 5.73 Å². The maximum Gasteiger partial charge on any atom is 0.280 e. The minimum Gasteiger partial charge on any atom is -0.487 e. The number of nitrogens with zero attached hydrogens (tertiary/aromatic N) is 4. The Kier molecular flexibility index (Phi) is 10.5. The number of benzene rings is 1. The lowest BCUT2D eigenvalue weighted by atomic mass is 10.0.